The number of nitrogens with one attached hydrogen (secondary N) is 2. The predicted octanol–water partition coefficient (Wildman–Crippen LogP) is 4.79. The van der Waals surface area contributed by atoms with Crippen molar-refractivity contribution in [3.05, 3.63) is 83.9 Å². The number of halogens is 3. The Balaban J connectivity index is 1.42. The van der Waals surface area contributed by atoms with Gasteiger partial charge in [-0.05, 0) is 66.4 Å². The number of hydrogen-bond donors (Lipinski definition) is 3. The average Bonchev–Trinajstić information content (AvgIpc) is 2.85. The standard InChI is InChI=1S/C26H23F3N4O3/c27-26(28,29)17-9-11-18(12-10-17)31-25(36)32-22-6-3-15-33(24(22)35)19-13-7-16(8-14-19)20-4-1-2-5-21(20)23(30)34/h1-2,4-5,7-14,22H,3,6,15H2,(H2,30,34)(H2,31,32,36)/t22-/m0/s1. The second-order valence-corrected chi connectivity index (χ2v) is 8.31. The van der Waals surface area contributed by atoms with Crippen LogP contribution >= 0.6 is 0 Å². The number of benzene rings is 3. The zero-order valence-electron chi connectivity index (χ0n) is 19.0. The van der Waals surface area contributed by atoms with Gasteiger partial charge in [-0.1, -0.05) is 30.3 Å². The van der Waals surface area contributed by atoms with Crippen LogP contribution in [-0.2, 0) is 11.0 Å². The van der Waals surface area contributed by atoms with Gasteiger partial charge in [0.2, 0.25) is 11.8 Å². The average molecular weight is 496 g/mol. The van der Waals surface area contributed by atoms with Gasteiger partial charge in [0.1, 0.15) is 6.04 Å². The third kappa shape index (κ3) is 5.48. The molecule has 3 aromatic rings. The molecule has 1 aliphatic rings. The Morgan fingerprint density at radius 3 is 2.25 bits per heavy atom. The number of piperidine rings is 1. The first-order chi connectivity index (χ1) is 17.1. The lowest BCUT2D eigenvalue weighted by Gasteiger charge is -2.32. The predicted molar refractivity (Wildman–Crippen MR) is 129 cm³/mol. The fraction of sp³-hybridized carbons (Fsp3) is 0.192. The summed E-state index contributed by atoms with van der Waals surface area (Å²) in [7, 11) is 0. The molecule has 1 fully saturated rings. The number of carbonyl (C=O) groups is 3. The molecule has 0 aromatic heterocycles. The lowest BCUT2D eigenvalue weighted by molar-refractivity contribution is -0.137. The summed E-state index contributed by atoms with van der Waals surface area (Å²) < 4.78 is 38.1. The lowest BCUT2D eigenvalue weighted by atomic mass is 9.98. The molecular weight excluding hydrogens is 473 g/mol. The van der Waals surface area contributed by atoms with E-state index in [9.17, 15) is 27.6 Å². The van der Waals surface area contributed by atoms with Crippen LogP contribution in [0.25, 0.3) is 11.1 Å². The summed E-state index contributed by atoms with van der Waals surface area (Å²) in [5.74, 6) is -0.835. The highest BCUT2D eigenvalue weighted by Crippen LogP contribution is 2.30. The summed E-state index contributed by atoms with van der Waals surface area (Å²) in [4.78, 5) is 38.7. The van der Waals surface area contributed by atoms with Crippen LogP contribution in [0.1, 0.15) is 28.8 Å². The number of carbonyl (C=O) groups excluding carboxylic acids is 3. The summed E-state index contributed by atoms with van der Waals surface area (Å²) in [6.07, 6.45) is -3.40. The largest absolute Gasteiger partial charge is 0.416 e. The molecule has 0 spiro atoms. The van der Waals surface area contributed by atoms with Crippen LogP contribution < -0.4 is 21.3 Å². The molecule has 1 atom stereocenters. The number of amides is 4. The van der Waals surface area contributed by atoms with E-state index < -0.39 is 29.7 Å². The normalized spacial score (nSPS) is 15.9. The minimum Gasteiger partial charge on any atom is -0.366 e. The fourth-order valence-electron chi connectivity index (χ4n) is 4.10. The second-order valence-electron chi connectivity index (χ2n) is 8.31. The number of alkyl halides is 3. The maximum Gasteiger partial charge on any atom is 0.416 e. The topological polar surface area (TPSA) is 105 Å². The fourth-order valence-corrected chi connectivity index (χ4v) is 4.10. The monoisotopic (exact) mass is 496 g/mol. The molecule has 4 amide bonds. The molecule has 186 valence electrons. The first-order valence-corrected chi connectivity index (χ1v) is 11.2. The van der Waals surface area contributed by atoms with Gasteiger partial charge in [0.05, 0.1) is 5.56 Å². The summed E-state index contributed by atoms with van der Waals surface area (Å²) >= 11 is 0. The molecular formula is C26H23F3N4O3. The van der Waals surface area contributed by atoms with E-state index in [1.54, 1.807) is 53.4 Å². The lowest BCUT2D eigenvalue weighted by Crippen LogP contribution is -2.53. The number of anilines is 2. The van der Waals surface area contributed by atoms with E-state index >= 15 is 0 Å². The SMILES string of the molecule is NC(=O)c1ccccc1-c1ccc(N2CCC[C@H](NC(=O)Nc3ccc(C(F)(F)F)cc3)C2=O)cc1. The molecule has 1 aliphatic heterocycles. The van der Waals surface area contributed by atoms with E-state index in [1.807, 2.05) is 0 Å². The molecule has 4 rings (SSSR count). The van der Waals surface area contributed by atoms with Crippen molar-refractivity contribution in [2.75, 3.05) is 16.8 Å². The van der Waals surface area contributed by atoms with Crippen LogP contribution in [0.15, 0.2) is 72.8 Å². The van der Waals surface area contributed by atoms with E-state index in [2.05, 4.69) is 10.6 Å². The molecule has 4 N–H and O–H groups in total. The van der Waals surface area contributed by atoms with Crippen LogP contribution in [0.4, 0.5) is 29.3 Å². The number of nitrogens with zero attached hydrogens (tertiary/aromatic N) is 1. The van der Waals surface area contributed by atoms with E-state index in [0.29, 0.717) is 36.2 Å². The minimum atomic E-state index is -4.47. The number of hydrogen-bond acceptors (Lipinski definition) is 3. The van der Waals surface area contributed by atoms with Gasteiger partial charge >= 0.3 is 12.2 Å². The van der Waals surface area contributed by atoms with Gasteiger partial charge in [0.15, 0.2) is 0 Å². The summed E-state index contributed by atoms with van der Waals surface area (Å²) in [6, 6.07) is 16.6. The van der Waals surface area contributed by atoms with Crippen molar-refractivity contribution in [1.82, 2.24) is 5.32 Å². The van der Waals surface area contributed by atoms with Gasteiger partial charge in [-0.15, -0.1) is 0 Å². The molecule has 1 heterocycles. The zero-order chi connectivity index (χ0) is 25.9. The maximum atomic E-state index is 13.1. The van der Waals surface area contributed by atoms with E-state index in [-0.39, 0.29) is 11.6 Å². The highest BCUT2D eigenvalue weighted by Gasteiger charge is 2.32. The van der Waals surface area contributed by atoms with Crippen molar-refractivity contribution < 1.29 is 27.6 Å². The van der Waals surface area contributed by atoms with Crippen LogP contribution in [0.5, 0.6) is 0 Å². The van der Waals surface area contributed by atoms with E-state index in [1.165, 1.54) is 0 Å². The van der Waals surface area contributed by atoms with Gasteiger partial charge < -0.3 is 21.3 Å². The van der Waals surface area contributed by atoms with Gasteiger partial charge in [-0.3, -0.25) is 9.59 Å². The van der Waals surface area contributed by atoms with Crippen molar-refractivity contribution in [2.24, 2.45) is 5.73 Å². The van der Waals surface area contributed by atoms with Gasteiger partial charge in [0.25, 0.3) is 0 Å². The number of rotatable bonds is 5. The molecule has 0 bridgehead atoms. The Hall–Kier alpha value is -4.34. The maximum absolute atomic E-state index is 13.1. The van der Waals surface area contributed by atoms with Crippen molar-refractivity contribution in [2.45, 2.75) is 25.1 Å². The number of urea groups is 1. The van der Waals surface area contributed by atoms with Crippen LogP contribution in [-0.4, -0.2) is 30.4 Å². The second kappa shape index (κ2) is 10.1. The molecule has 36 heavy (non-hydrogen) atoms. The molecule has 1 saturated heterocycles. The summed E-state index contributed by atoms with van der Waals surface area (Å²) in [6.45, 7) is 0.467. The van der Waals surface area contributed by atoms with Crippen molar-refractivity contribution >= 4 is 29.2 Å². The van der Waals surface area contributed by atoms with Gasteiger partial charge in [0, 0.05) is 23.5 Å². The Morgan fingerprint density at radius 2 is 1.61 bits per heavy atom. The van der Waals surface area contributed by atoms with Crippen molar-refractivity contribution in [1.29, 1.82) is 0 Å². The van der Waals surface area contributed by atoms with E-state index in [0.717, 1.165) is 29.8 Å². The van der Waals surface area contributed by atoms with Crippen molar-refractivity contribution in [3.8, 4) is 11.1 Å². The quantitative estimate of drug-likeness (QED) is 0.473. The van der Waals surface area contributed by atoms with Crippen molar-refractivity contribution in [3.63, 3.8) is 0 Å². The summed E-state index contributed by atoms with van der Waals surface area (Å²) in [5.41, 5.74) is 7.29. The first-order valence-electron chi connectivity index (χ1n) is 11.2. The van der Waals surface area contributed by atoms with Crippen LogP contribution in [0, 0.1) is 0 Å². The molecule has 7 nitrogen and oxygen atoms in total. The Bertz CT molecular complexity index is 1270. The third-order valence-corrected chi connectivity index (χ3v) is 5.90. The Kier molecular flexibility index (Phi) is 6.96. The van der Waals surface area contributed by atoms with Crippen LogP contribution in [0.3, 0.4) is 0 Å². The third-order valence-electron chi connectivity index (χ3n) is 5.90. The molecule has 0 aliphatic carbocycles. The molecule has 0 radical (unpaired) electrons. The minimum absolute atomic E-state index is 0.174. The Labute approximate surface area is 205 Å². The van der Waals surface area contributed by atoms with Gasteiger partial charge in [-0.2, -0.15) is 13.2 Å². The van der Waals surface area contributed by atoms with E-state index in [4.69, 9.17) is 5.73 Å². The first kappa shape index (κ1) is 24.8. The molecule has 3 aromatic carbocycles. The highest BCUT2D eigenvalue weighted by molar-refractivity contribution is 6.02. The molecule has 0 saturated carbocycles. The highest BCUT2D eigenvalue weighted by atomic mass is 19.4. The smallest absolute Gasteiger partial charge is 0.366 e. The van der Waals surface area contributed by atoms with Crippen LogP contribution in [0.2, 0.25) is 0 Å². The number of nitrogens with two attached hydrogens (primary N) is 1. The zero-order valence-corrected chi connectivity index (χ0v) is 19.0. The molecule has 0 unspecified atom stereocenters. The van der Waals surface area contributed by atoms with Gasteiger partial charge in [-0.25, -0.2) is 4.79 Å². The summed E-state index contributed by atoms with van der Waals surface area (Å²) in [5, 5.41) is 5.06. The Morgan fingerprint density at radius 1 is 0.944 bits per heavy atom. The molecule has 10 heteroatoms. The number of primary amides is 1.